The predicted octanol–water partition coefficient (Wildman–Crippen LogP) is 3.08. The number of aliphatic hydroxyl groups excluding tert-OH is 1. The maximum Gasteiger partial charge on any atom is 0.255 e. The number of aromatic nitrogens is 1. The molecule has 0 spiro atoms. The maximum absolute atomic E-state index is 13.8. The van der Waals surface area contributed by atoms with Gasteiger partial charge in [-0.3, -0.25) is 14.4 Å². The molecule has 3 atom stereocenters. The minimum Gasteiger partial charge on any atom is -0.508 e. The maximum atomic E-state index is 13.8. The summed E-state index contributed by atoms with van der Waals surface area (Å²) in [6.07, 6.45) is -0.745. The topological polar surface area (TPSA) is 123 Å². The van der Waals surface area contributed by atoms with Crippen molar-refractivity contribution in [1.82, 2.24) is 20.1 Å². The van der Waals surface area contributed by atoms with Gasteiger partial charge in [0.05, 0.1) is 22.2 Å². The molecule has 3 amide bonds. The highest BCUT2D eigenvalue weighted by molar-refractivity contribution is 7.13. The number of phenols is 1. The van der Waals surface area contributed by atoms with E-state index in [0.717, 1.165) is 21.7 Å². The monoisotopic (exact) mass is 548 g/mol. The van der Waals surface area contributed by atoms with Gasteiger partial charge >= 0.3 is 0 Å². The lowest BCUT2D eigenvalue weighted by Gasteiger charge is -2.35. The molecule has 2 aromatic carbocycles. The molecule has 3 N–H and O–H groups in total. The Morgan fingerprint density at radius 2 is 1.97 bits per heavy atom. The highest BCUT2D eigenvalue weighted by Gasteiger charge is 2.45. The number of fused-ring (bicyclic) bond motifs is 1. The van der Waals surface area contributed by atoms with Crippen LogP contribution in [0.4, 0.5) is 0 Å². The van der Waals surface area contributed by atoms with E-state index < -0.39 is 24.1 Å². The lowest BCUT2D eigenvalue weighted by molar-refractivity contribution is -0.143. The number of aromatic hydroxyl groups is 1. The van der Waals surface area contributed by atoms with Crippen LogP contribution in [0, 0.1) is 12.8 Å². The minimum absolute atomic E-state index is 0.0171. The number of amides is 3. The second-order valence-electron chi connectivity index (χ2n) is 10.5. The van der Waals surface area contributed by atoms with Gasteiger partial charge in [-0.05, 0) is 36.1 Å². The molecule has 39 heavy (non-hydrogen) atoms. The molecule has 2 aliphatic rings. The summed E-state index contributed by atoms with van der Waals surface area (Å²) in [7, 11) is 0. The van der Waals surface area contributed by atoms with Gasteiger partial charge in [0.1, 0.15) is 17.8 Å². The van der Waals surface area contributed by atoms with Crippen molar-refractivity contribution in [3.05, 3.63) is 70.4 Å². The Labute approximate surface area is 231 Å². The van der Waals surface area contributed by atoms with E-state index in [1.54, 1.807) is 34.7 Å². The molecule has 0 bridgehead atoms. The molecule has 2 unspecified atom stereocenters. The summed E-state index contributed by atoms with van der Waals surface area (Å²) >= 11 is 1.49. The normalized spacial score (nSPS) is 19.5. The third kappa shape index (κ3) is 5.14. The van der Waals surface area contributed by atoms with Crippen molar-refractivity contribution in [3.8, 4) is 16.2 Å². The summed E-state index contributed by atoms with van der Waals surface area (Å²) < 4.78 is 0. The fourth-order valence-corrected chi connectivity index (χ4v) is 6.29. The highest BCUT2D eigenvalue weighted by atomic mass is 32.1. The van der Waals surface area contributed by atoms with E-state index in [4.69, 9.17) is 0 Å². The van der Waals surface area contributed by atoms with Crippen LogP contribution in [0.15, 0.2) is 48.0 Å². The summed E-state index contributed by atoms with van der Waals surface area (Å²) in [6, 6.07) is 10.9. The van der Waals surface area contributed by atoms with Crippen molar-refractivity contribution in [3.63, 3.8) is 0 Å². The number of phenolic OH excluding ortho intramolecular Hbond substituents is 1. The molecule has 3 aromatic rings. The van der Waals surface area contributed by atoms with Crippen LogP contribution in [0.2, 0.25) is 0 Å². The number of likely N-dealkylation sites (tertiary alicyclic amines) is 1. The lowest BCUT2D eigenvalue weighted by Crippen LogP contribution is -2.55. The van der Waals surface area contributed by atoms with Gasteiger partial charge in [0, 0.05) is 37.2 Å². The predicted molar refractivity (Wildman–Crippen MR) is 147 cm³/mol. The Hall–Kier alpha value is -3.76. The van der Waals surface area contributed by atoms with Crippen LogP contribution in [-0.2, 0) is 22.7 Å². The van der Waals surface area contributed by atoms with Crippen LogP contribution < -0.4 is 5.32 Å². The molecule has 5 rings (SSSR count). The first-order valence-electron chi connectivity index (χ1n) is 13.0. The summed E-state index contributed by atoms with van der Waals surface area (Å²) in [5.41, 5.74) is 5.46. The number of thiazole rings is 1. The zero-order valence-electron chi connectivity index (χ0n) is 22.1. The molecule has 1 aromatic heterocycles. The van der Waals surface area contributed by atoms with Gasteiger partial charge in [0.15, 0.2) is 0 Å². The van der Waals surface area contributed by atoms with Crippen LogP contribution in [0.1, 0.15) is 47.4 Å². The van der Waals surface area contributed by atoms with Gasteiger partial charge in [-0.1, -0.05) is 44.2 Å². The Morgan fingerprint density at radius 3 is 2.64 bits per heavy atom. The van der Waals surface area contributed by atoms with Crippen molar-refractivity contribution in [2.75, 3.05) is 6.54 Å². The number of rotatable bonds is 7. The third-order valence-corrected chi connectivity index (χ3v) is 8.46. The number of aryl methyl sites for hydroxylation is 1. The molecule has 1 fully saturated rings. The molecule has 204 valence electrons. The van der Waals surface area contributed by atoms with E-state index in [9.17, 15) is 24.6 Å². The fourth-order valence-electron chi connectivity index (χ4n) is 5.49. The van der Waals surface area contributed by atoms with Crippen LogP contribution in [0.3, 0.4) is 0 Å². The standard InChI is InChI=1S/C29H32N4O5S/c1-16(2)25(33-13-20-6-4-5-7-22(20)28(33)37)29(38)32-14-21(34)11-23(32)27(36)30-12-19-9-8-18(10-24(19)35)26-17(3)31-15-39-26/h4-10,15-16,21,23,25,34-35H,11-14H2,1-3H3,(H,30,36)/t21-,23?,25?/m1/s1. The summed E-state index contributed by atoms with van der Waals surface area (Å²) in [5.74, 6) is -1.12. The average molecular weight is 549 g/mol. The largest absolute Gasteiger partial charge is 0.508 e. The summed E-state index contributed by atoms with van der Waals surface area (Å²) in [6.45, 7) is 6.06. The number of carbonyl (C=O) groups is 3. The zero-order chi connectivity index (χ0) is 27.8. The SMILES string of the molecule is Cc1ncsc1-c1ccc(CNC(=O)C2C[C@@H](O)CN2C(=O)C(C(C)C)N2Cc3ccccc3C2=O)c(O)c1. The number of β-amino-alcohol motifs (C(OH)–C–C–N with tert-alkyl or cyclic N) is 1. The fraction of sp³-hybridized carbons (Fsp3) is 0.379. The van der Waals surface area contributed by atoms with E-state index >= 15 is 0 Å². The van der Waals surface area contributed by atoms with E-state index in [2.05, 4.69) is 10.3 Å². The molecule has 9 nitrogen and oxygen atoms in total. The van der Waals surface area contributed by atoms with Gasteiger partial charge in [-0.15, -0.1) is 11.3 Å². The number of nitrogens with zero attached hydrogens (tertiary/aromatic N) is 3. The van der Waals surface area contributed by atoms with Gasteiger partial charge < -0.3 is 25.3 Å². The van der Waals surface area contributed by atoms with Crippen molar-refractivity contribution in [1.29, 1.82) is 0 Å². The minimum atomic E-state index is -0.880. The van der Waals surface area contributed by atoms with E-state index in [1.165, 1.54) is 16.2 Å². The van der Waals surface area contributed by atoms with E-state index in [-0.39, 0.29) is 43.0 Å². The molecule has 2 aliphatic heterocycles. The Kier molecular flexibility index (Phi) is 7.42. The average Bonchev–Trinajstić information content (AvgIpc) is 3.60. The first-order chi connectivity index (χ1) is 18.7. The third-order valence-electron chi connectivity index (χ3n) is 7.48. The Balaban J connectivity index is 1.29. The Bertz CT molecular complexity index is 1420. The zero-order valence-corrected chi connectivity index (χ0v) is 22.9. The Morgan fingerprint density at radius 1 is 1.21 bits per heavy atom. The quantitative estimate of drug-likeness (QED) is 0.417. The van der Waals surface area contributed by atoms with Gasteiger partial charge in [-0.25, -0.2) is 4.98 Å². The van der Waals surface area contributed by atoms with Gasteiger partial charge in [-0.2, -0.15) is 0 Å². The van der Waals surface area contributed by atoms with E-state index in [1.807, 2.05) is 39.0 Å². The molecule has 3 heterocycles. The van der Waals surface area contributed by atoms with Crippen molar-refractivity contribution >= 4 is 29.1 Å². The molecular formula is C29H32N4O5S. The van der Waals surface area contributed by atoms with E-state index in [0.29, 0.717) is 17.7 Å². The molecule has 0 radical (unpaired) electrons. The van der Waals surface area contributed by atoms with Crippen molar-refractivity contribution in [2.45, 2.75) is 58.5 Å². The lowest BCUT2D eigenvalue weighted by atomic mass is 10.0. The number of benzene rings is 2. The van der Waals surface area contributed by atoms with Crippen LogP contribution in [0.25, 0.3) is 10.4 Å². The number of nitrogens with one attached hydrogen (secondary N) is 1. The van der Waals surface area contributed by atoms with Gasteiger partial charge in [0.2, 0.25) is 11.8 Å². The molecule has 10 heteroatoms. The summed E-state index contributed by atoms with van der Waals surface area (Å²) in [4.78, 5) is 48.4. The number of carbonyl (C=O) groups excluding carboxylic acids is 3. The second-order valence-corrected chi connectivity index (χ2v) is 11.4. The summed E-state index contributed by atoms with van der Waals surface area (Å²) in [5, 5.41) is 23.8. The molecule has 1 saturated heterocycles. The molecule has 0 saturated carbocycles. The highest BCUT2D eigenvalue weighted by Crippen LogP contribution is 2.32. The molecule has 0 aliphatic carbocycles. The van der Waals surface area contributed by atoms with Crippen LogP contribution >= 0.6 is 11.3 Å². The van der Waals surface area contributed by atoms with Crippen LogP contribution in [0.5, 0.6) is 5.75 Å². The molecular weight excluding hydrogens is 516 g/mol. The number of hydrogen-bond acceptors (Lipinski definition) is 7. The van der Waals surface area contributed by atoms with Crippen molar-refractivity contribution in [2.24, 2.45) is 5.92 Å². The first-order valence-corrected chi connectivity index (χ1v) is 13.9. The van der Waals surface area contributed by atoms with Crippen molar-refractivity contribution < 1.29 is 24.6 Å². The second kappa shape index (κ2) is 10.8. The number of hydrogen-bond donors (Lipinski definition) is 3. The smallest absolute Gasteiger partial charge is 0.255 e. The first kappa shape index (κ1) is 26.8. The number of aliphatic hydroxyl groups is 1. The van der Waals surface area contributed by atoms with Crippen LogP contribution in [-0.4, -0.2) is 67.5 Å². The van der Waals surface area contributed by atoms with Gasteiger partial charge in [0.25, 0.3) is 5.91 Å².